The van der Waals surface area contributed by atoms with E-state index in [-0.39, 0.29) is 23.1 Å². The number of unbranched alkanes of at least 4 members (excludes halogenated alkanes) is 2. The fourth-order valence-corrected chi connectivity index (χ4v) is 4.21. The molecule has 0 spiro atoms. The lowest BCUT2D eigenvalue weighted by Gasteiger charge is -2.26. The number of ketones is 1. The predicted octanol–water partition coefficient (Wildman–Crippen LogP) is 6.81. The first-order valence-electron chi connectivity index (χ1n) is 11.0. The summed E-state index contributed by atoms with van der Waals surface area (Å²) < 4.78 is 13.7. The Morgan fingerprint density at radius 2 is 1.57 bits per heavy atom. The van der Waals surface area contributed by atoms with E-state index in [9.17, 15) is 9.59 Å². The van der Waals surface area contributed by atoms with Gasteiger partial charge in [-0.1, -0.05) is 69.7 Å². The first kappa shape index (κ1) is 28.5. The highest BCUT2D eigenvalue weighted by Crippen LogP contribution is 2.31. The molecule has 3 unspecified atom stereocenters. The van der Waals surface area contributed by atoms with Crippen molar-refractivity contribution >= 4 is 20.9 Å². The second kappa shape index (κ2) is 13.7. The molecule has 4 nitrogen and oxygen atoms in total. The number of aryl methyl sites for hydroxylation is 3. The lowest BCUT2D eigenvalue weighted by Crippen LogP contribution is -2.30. The van der Waals surface area contributed by atoms with E-state index in [1.807, 2.05) is 32.9 Å². The summed E-state index contributed by atoms with van der Waals surface area (Å²) in [6.45, 7) is 17.2. The summed E-state index contributed by atoms with van der Waals surface area (Å²) in [5, 5.41) is 0. The number of rotatable bonds is 10. The van der Waals surface area contributed by atoms with Crippen molar-refractivity contribution in [2.75, 3.05) is 6.61 Å². The van der Waals surface area contributed by atoms with E-state index in [0.717, 1.165) is 42.4 Å². The Morgan fingerprint density at radius 3 is 2.03 bits per heavy atom. The van der Waals surface area contributed by atoms with Crippen LogP contribution in [0.4, 0.5) is 0 Å². The molecule has 0 aliphatic rings. The van der Waals surface area contributed by atoms with Crippen molar-refractivity contribution in [1.82, 2.24) is 0 Å². The van der Waals surface area contributed by atoms with Gasteiger partial charge < -0.3 is 4.74 Å². The molecular weight excluding hydrogens is 395 g/mol. The van der Waals surface area contributed by atoms with E-state index in [2.05, 4.69) is 34.6 Å². The normalized spacial score (nSPS) is 13.1. The van der Waals surface area contributed by atoms with Crippen LogP contribution >= 0.6 is 9.12 Å². The number of carbonyl (C=O) groups is 2. The molecule has 5 heteroatoms. The van der Waals surface area contributed by atoms with Crippen molar-refractivity contribution in [2.45, 2.75) is 87.5 Å². The van der Waals surface area contributed by atoms with Crippen molar-refractivity contribution in [3.63, 3.8) is 0 Å². The first-order chi connectivity index (χ1) is 14.0. The minimum Gasteiger partial charge on any atom is -0.465 e. The van der Waals surface area contributed by atoms with Gasteiger partial charge in [0.15, 0.2) is 5.78 Å². The van der Waals surface area contributed by atoms with E-state index in [0.29, 0.717) is 18.6 Å². The first-order valence-corrected chi connectivity index (χ1v) is 11.5. The van der Waals surface area contributed by atoms with Crippen molar-refractivity contribution in [1.29, 1.82) is 0 Å². The van der Waals surface area contributed by atoms with Gasteiger partial charge in [-0.3, -0.25) is 9.59 Å². The Hall–Kier alpha value is -1.54. The number of esters is 1. The Kier molecular flexibility index (Phi) is 13.0. The number of Topliss-reactive ketones (excluding diaryl/α,β-unsaturated/α-hetero) is 1. The Morgan fingerprint density at radius 1 is 1.03 bits per heavy atom. The summed E-state index contributed by atoms with van der Waals surface area (Å²) in [7, 11) is 1.17. The second-order valence-corrected chi connectivity index (χ2v) is 9.67. The minimum absolute atomic E-state index is 0.0868. The fraction of sp³-hybridized carbons (Fsp3) is 0.680. The van der Waals surface area contributed by atoms with E-state index < -0.39 is 5.92 Å². The molecule has 1 aromatic rings. The monoisotopic (exact) mass is 437 g/mol. The quantitative estimate of drug-likeness (QED) is 0.133. The van der Waals surface area contributed by atoms with Gasteiger partial charge in [-0.05, 0) is 62.5 Å². The van der Waals surface area contributed by atoms with Gasteiger partial charge in [0.25, 0.3) is 0 Å². The Bertz CT molecular complexity index is 668. The molecule has 1 aromatic carbocycles. The molecule has 0 amide bonds. The molecule has 0 saturated carbocycles. The van der Waals surface area contributed by atoms with Gasteiger partial charge in [-0.15, -0.1) is 0 Å². The number of benzene rings is 1. The van der Waals surface area contributed by atoms with Gasteiger partial charge in [0.05, 0.1) is 6.61 Å². The highest BCUT2D eigenvalue weighted by molar-refractivity contribution is 7.00. The summed E-state index contributed by atoms with van der Waals surface area (Å²) in [4.78, 5) is 26.3. The highest BCUT2D eigenvalue weighted by Gasteiger charge is 2.33. The van der Waals surface area contributed by atoms with Crippen LogP contribution in [0.15, 0.2) is 12.1 Å². The molecule has 1 rings (SSSR count). The summed E-state index contributed by atoms with van der Waals surface area (Å²) >= 11 is 0. The SMILES string of the molecule is CCCCCOC(=O)C(CC(C)CC(C)(C)C)C(=O)c1c(C)cc(C)cc1C.O=[PH2+]. The topological polar surface area (TPSA) is 60.4 Å². The van der Waals surface area contributed by atoms with E-state index >= 15 is 0 Å². The number of carbonyl (C=O) groups excluding carboxylic acids is 2. The van der Waals surface area contributed by atoms with Crippen molar-refractivity contribution < 1.29 is 18.9 Å². The maximum atomic E-state index is 13.4. The van der Waals surface area contributed by atoms with E-state index in [4.69, 9.17) is 9.30 Å². The van der Waals surface area contributed by atoms with Crippen molar-refractivity contribution in [3.05, 3.63) is 34.4 Å². The van der Waals surface area contributed by atoms with Crippen LogP contribution in [-0.4, -0.2) is 18.4 Å². The lowest BCUT2D eigenvalue weighted by atomic mass is 9.79. The largest absolute Gasteiger partial charge is 0.465 e. The maximum Gasteiger partial charge on any atom is 0.316 e. The Labute approximate surface area is 185 Å². The number of hydrogen-bond acceptors (Lipinski definition) is 4. The van der Waals surface area contributed by atoms with Crippen LogP contribution in [0.2, 0.25) is 0 Å². The number of ether oxygens (including phenoxy) is 1. The van der Waals surface area contributed by atoms with Crippen LogP contribution in [0, 0.1) is 38.0 Å². The standard InChI is InChI=1S/C25H40O3.H2OP/c1-9-10-11-12-28-24(27)21(15-18(3)16-25(6,7)8)23(26)22-19(4)13-17(2)14-20(22)5;1-2/h13-14,18,21H,9-12,15-16H2,1-8H3;2H2/q;+1. The van der Waals surface area contributed by atoms with Crippen LogP contribution in [-0.2, 0) is 14.1 Å². The zero-order valence-corrected chi connectivity index (χ0v) is 21.4. The molecule has 0 fully saturated rings. The van der Waals surface area contributed by atoms with Gasteiger partial charge in [0, 0.05) is 5.56 Å². The molecule has 0 heterocycles. The summed E-state index contributed by atoms with van der Waals surface area (Å²) in [5.74, 6) is -0.903. The number of hydrogen-bond donors (Lipinski definition) is 0. The molecule has 0 aliphatic carbocycles. The van der Waals surface area contributed by atoms with Gasteiger partial charge in [0.1, 0.15) is 5.92 Å². The molecule has 0 N–H and O–H groups in total. The van der Waals surface area contributed by atoms with Gasteiger partial charge in [-0.25, -0.2) is 0 Å². The smallest absolute Gasteiger partial charge is 0.316 e. The van der Waals surface area contributed by atoms with E-state index in [1.165, 1.54) is 9.12 Å². The zero-order valence-electron chi connectivity index (χ0n) is 20.3. The summed E-state index contributed by atoms with van der Waals surface area (Å²) in [6.07, 6.45) is 4.46. The summed E-state index contributed by atoms with van der Waals surface area (Å²) in [5.41, 5.74) is 3.85. The summed E-state index contributed by atoms with van der Waals surface area (Å²) in [6, 6.07) is 4.03. The third-order valence-corrected chi connectivity index (χ3v) is 5.12. The van der Waals surface area contributed by atoms with Crippen LogP contribution in [0.25, 0.3) is 0 Å². The minimum atomic E-state index is -0.723. The molecule has 0 aromatic heterocycles. The average molecular weight is 438 g/mol. The van der Waals surface area contributed by atoms with Crippen LogP contribution in [0.5, 0.6) is 0 Å². The molecule has 0 saturated heterocycles. The third-order valence-electron chi connectivity index (χ3n) is 5.12. The van der Waals surface area contributed by atoms with Gasteiger partial charge >= 0.3 is 15.1 Å². The molecule has 170 valence electrons. The second-order valence-electron chi connectivity index (χ2n) is 9.67. The molecule has 0 aliphatic heterocycles. The van der Waals surface area contributed by atoms with Crippen LogP contribution in [0.1, 0.15) is 93.8 Å². The molecule has 3 atom stereocenters. The molecule has 30 heavy (non-hydrogen) atoms. The fourth-order valence-electron chi connectivity index (χ4n) is 4.21. The highest BCUT2D eigenvalue weighted by atomic mass is 31.0. The third kappa shape index (κ3) is 9.98. The zero-order chi connectivity index (χ0) is 23.5. The molecular formula is C25H42O4P+. The van der Waals surface area contributed by atoms with Crippen LogP contribution in [0.3, 0.4) is 0 Å². The van der Waals surface area contributed by atoms with Crippen LogP contribution < -0.4 is 0 Å². The average Bonchev–Trinajstić information content (AvgIpc) is 2.62. The van der Waals surface area contributed by atoms with Gasteiger partial charge in [0.2, 0.25) is 0 Å². The molecule has 0 radical (unpaired) electrons. The lowest BCUT2D eigenvalue weighted by molar-refractivity contribution is -0.147. The predicted molar refractivity (Wildman–Crippen MR) is 127 cm³/mol. The van der Waals surface area contributed by atoms with Crippen molar-refractivity contribution in [2.24, 2.45) is 17.3 Å². The maximum absolute atomic E-state index is 13.4. The van der Waals surface area contributed by atoms with Crippen molar-refractivity contribution in [3.8, 4) is 0 Å². The molecule has 0 bridgehead atoms. The van der Waals surface area contributed by atoms with Gasteiger partial charge in [-0.2, -0.15) is 0 Å². The van der Waals surface area contributed by atoms with E-state index in [1.54, 1.807) is 0 Å². The Balaban J connectivity index is 0.00000407.